The summed E-state index contributed by atoms with van der Waals surface area (Å²) < 4.78 is 0. The van der Waals surface area contributed by atoms with Crippen LogP contribution in [0.4, 0.5) is 0 Å². The fraction of sp³-hybridized carbons (Fsp3) is 0.318. The van der Waals surface area contributed by atoms with E-state index in [0.29, 0.717) is 22.5 Å². The van der Waals surface area contributed by atoms with Gasteiger partial charge in [-0.15, -0.1) is 0 Å². The number of carbonyl (C=O) groups is 1. The molecular weight excluding hydrogens is 322 g/mol. The molecule has 0 aliphatic rings. The van der Waals surface area contributed by atoms with Crippen LogP contribution < -0.4 is 5.32 Å². The molecular formula is C22H25N3O. The third kappa shape index (κ3) is 4.37. The Bertz CT molecular complexity index is 891. The molecule has 0 saturated carbocycles. The Morgan fingerprint density at radius 3 is 2.23 bits per heavy atom. The summed E-state index contributed by atoms with van der Waals surface area (Å²) in [5.74, 6) is -0.252. The molecule has 0 spiro atoms. The number of aryl methyl sites for hydroxylation is 3. The molecule has 26 heavy (non-hydrogen) atoms. The zero-order valence-corrected chi connectivity index (χ0v) is 16.3. The highest BCUT2D eigenvalue weighted by molar-refractivity contribution is 5.98. The molecule has 0 aliphatic heterocycles. The SMILES string of the molecule is Cc1cc(C)cc(/C(C#N)=C(\NC(=O)c2cccnc2C)C(C)(C)C)c1. The van der Waals surface area contributed by atoms with Crippen molar-refractivity contribution in [3.63, 3.8) is 0 Å². The van der Waals surface area contributed by atoms with Gasteiger partial charge in [-0.3, -0.25) is 9.78 Å². The van der Waals surface area contributed by atoms with Crippen LogP contribution in [0.1, 0.15) is 53.5 Å². The van der Waals surface area contributed by atoms with Crippen LogP contribution in [0.25, 0.3) is 5.57 Å². The first-order valence-electron chi connectivity index (χ1n) is 8.60. The molecule has 4 nitrogen and oxygen atoms in total. The van der Waals surface area contributed by atoms with Crippen molar-refractivity contribution in [1.29, 1.82) is 5.26 Å². The van der Waals surface area contributed by atoms with Crippen LogP contribution in [0.5, 0.6) is 0 Å². The summed E-state index contributed by atoms with van der Waals surface area (Å²) >= 11 is 0. The molecule has 0 fully saturated rings. The van der Waals surface area contributed by atoms with Crippen molar-refractivity contribution in [2.45, 2.75) is 41.5 Å². The molecule has 0 saturated heterocycles. The Labute approximate surface area is 155 Å². The Balaban J connectivity index is 2.59. The number of benzene rings is 1. The number of hydrogen-bond donors (Lipinski definition) is 1. The maximum absolute atomic E-state index is 12.8. The van der Waals surface area contributed by atoms with Crippen LogP contribution in [-0.4, -0.2) is 10.9 Å². The van der Waals surface area contributed by atoms with Crippen LogP contribution in [0.2, 0.25) is 0 Å². The molecule has 0 radical (unpaired) electrons. The monoisotopic (exact) mass is 347 g/mol. The van der Waals surface area contributed by atoms with Crippen molar-refractivity contribution in [3.8, 4) is 6.07 Å². The Morgan fingerprint density at radius 2 is 1.73 bits per heavy atom. The first-order valence-corrected chi connectivity index (χ1v) is 8.60. The summed E-state index contributed by atoms with van der Waals surface area (Å²) in [6.07, 6.45) is 1.66. The highest BCUT2D eigenvalue weighted by atomic mass is 16.1. The van der Waals surface area contributed by atoms with Gasteiger partial charge < -0.3 is 5.32 Å². The van der Waals surface area contributed by atoms with E-state index in [0.717, 1.165) is 16.7 Å². The van der Waals surface area contributed by atoms with Crippen molar-refractivity contribution in [2.75, 3.05) is 0 Å². The number of nitrogens with zero attached hydrogens (tertiary/aromatic N) is 2. The van der Waals surface area contributed by atoms with Crippen molar-refractivity contribution < 1.29 is 4.79 Å². The summed E-state index contributed by atoms with van der Waals surface area (Å²) in [7, 11) is 0. The fourth-order valence-electron chi connectivity index (χ4n) is 2.91. The van der Waals surface area contributed by atoms with E-state index in [1.807, 2.05) is 46.8 Å². The van der Waals surface area contributed by atoms with E-state index in [1.165, 1.54) is 0 Å². The smallest absolute Gasteiger partial charge is 0.257 e. The van der Waals surface area contributed by atoms with Crippen molar-refractivity contribution in [1.82, 2.24) is 10.3 Å². The molecule has 0 bridgehead atoms. The number of rotatable bonds is 3. The highest BCUT2D eigenvalue weighted by Gasteiger charge is 2.25. The molecule has 1 N–H and O–H groups in total. The highest BCUT2D eigenvalue weighted by Crippen LogP contribution is 2.31. The lowest BCUT2D eigenvalue weighted by Crippen LogP contribution is -2.31. The summed E-state index contributed by atoms with van der Waals surface area (Å²) in [6, 6.07) is 11.8. The van der Waals surface area contributed by atoms with Crippen LogP contribution in [-0.2, 0) is 0 Å². The van der Waals surface area contributed by atoms with Gasteiger partial charge in [0.15, 0.2) is 0 Å². The molecule has 1 heterocycles. The number of pyridine rings is 1. The summed E-state index contributed by atoms with van der Waals surface area (Å²) in [5, 5.41) is 12.8. The van der Waals surface area contributed by atoms with Crippen LogP contribution in [0.15, 0.2) is 42.2 Å². The Morgan fingerprint density at radius 1 is 1.12 bits per heavy atom. The first-order chi connectivity index (χ1) is 12.1. The number of carbonyl (C=O) groups excluding carboxylic acids is 1. The molecule has 1 aromatic heterocycles. The lowest BCUT2D eigenvalue weighted by molar-refractivity contribution is 0.0957. The van der Waals surface area contributed by atoms with Crippen LogP contribution in [0, 0.1) is 37.5 Å². The second-order valence-corrected chi connectivity index (χ2v) is 7.58. The standard InChI is InChI=1S/C22H25N3O/c1-14-10-15(2)12-17(11-14)19(13-23)20(22(4,5)6)25-21(26)18-8-7-9-24-16(18)3/h7-12H,1-6H3,(H,25,26)/b20-19-. The number of allylic oxidation sites excluding steroid dienone is 2. The van der Waals surface area contributed by atoms with Gasteiger partial charge >= 0.3 is 0 Å². The van der Waals surface area contributed by atoms with E-state index in [4.69, 9.17) is 0 Å². The zero-order chi connectivity index (χ0) is 19.5. The fourth-order valence-corrected chi connectivity index (χ4v) is 2.91. The number of amides is 1. The van der Waals surface area contributed by atoms with Gasteiger partial charge in [0.05, 0.1) is 11.1 Å². The number of nitrogens with one attached hydrogen (secondary N) is 1. The minimum atomic E-state index is -0.408. The lowest BCUT2D eigenvalue weighted by Gasteiger charge is -2.26. The van der Waals surface area contributed by atoms with Crippen LogP contribution >= 0.6 is 0 Å². The van der Waals surface area contributed by atoms with E-state index in [-0.39, 0.29) is 5.91 Å². The van der Waals surface area contributed by atoms with Gasteiger partial charge in [0.1, 0.15) is 6.07 Å². The first kappa shape index (κ1) is 19.4. The number of nitriles is 1. The normalized spacial score (nSPS) is 12.2. The molecule has 1 amide bonds. The average molecular weight is 347 g/mol. The molecule has 2 aromatic rings. The third-order valence-electron chi connectivity index (χ3n) is 4.11. The van der Waals surface area contributed by atoms with Crippen molar-refractivity contribution in [2.24, 2.45) is 5.41 Å². The van der Waals surface area contributed by atoms with E-state index < -0.39 is 5.41 Å². The van der Waals surface area contributed by atoms with E-state index >= 15 is 0 Å². The average Bonchev–Trinajstić information content (AvgIpc) is 2.53. The predicted octanol–water partition coefficient (Wildman–Crippen LogP) is 4.72. The molecule has 134 valence electrons. The topological polar surface area (TPSA) is 65.8 Å². The van der Waals surface area contributed by atoms with Gasteiger partial charge in [0.2, 0.25) is 0 Å². The predicted molar refractivity (Wildman–Crippen MR) is 104 cm³/mol. The second kappa shape index (κ2) is 7.53. The molecule has 0 aliphatic carbocycles. The van der Waals surface area contributed by atoms with Gasteiger partial charge in [-0.2, -0.15) is 5.26 Å². The van der Waals surface area contributed by atoms with Crippen LogP contribution in [0.3, 0.4) is 0 Å². The summed E-state index contributed by atoms with van der Waals surface area (Å²) in [5.41, 5.74) is 4.82. The minimum Gasteiger partial charge on any atom is -0.324 e. The molecule has 0 unspecified atom stereocenters. The lowest BCUT2D eigenvalue weighted by atomic mass is 9.86. The maximum Gasteiger partial charge on any atom is 0.257 e. The summed E-state index contributed by atoms with van der Waals surface area (Å²) in [4.78, 5) is 17.0. The quantitative estimate of drug-likeness (QED) is 0.817. The zero-order valence-electron chi connectivity index (χ0n) is 16.3. The van der Waals surface area contributed by atoms with Gasteiger partial charge in [-0.1, -0.05) is 50.1 Å². The molecule has 0 atom stereocenters. The molecule has 1 aromatic carbocycles. The number of aromatic nitrogens is 1. The van der Waals surface area contributed by atoms with Gasteiger partial charge in [0.25, 0.3) is 5.91 Å². The van der Waals surface area contributed by atoms with Gasteiger partial charge in [-0.25, -0.2) is 0 Å². The van der Waals surface area contributed by atoms with Gasteiger partial charge in [-0.05, 0) is 38.5 Å². The van der Waals surface area contributed by atoms with Gasteiger partial charge in [0, 0.05) is 23.0 Å². The summed E-state index contributed by atoms with van der Waals surface area (Å²) in [6.45, 7) is 11.8. The Kier molecular flexibility index (Phi) is 5.62. The number of hydrogen-bond acceptors (Lipinski definition) is 3. The van der Waals surface area contributed by atoms with Crippen molar-refractivity contribution in [3.05, 3.63) is 70.2 Å². The van der Waals surface area contributed by atoms with Crippen molar-refractivity contribution >= 4 is 11.5 Å². The van der Waals surface area contributed by atoms with E-state index in [1.54, 1.807) is 25.3 Å². The maximum atomic E-state index is 12.8. The molecule has 4 heteroatoms. The van der Waals surface area contributed by atoms with E-state index in [9.17, 15) is 10.1 Å². The minimum absolute atomic E-state index is 0.252. The largest absolute Gasteiger partial charge is 0.324 e. The second-order valence-electron chi connectivity index (χ2n) is 7.58. The molecule has 2 rings (SSSR count). The third-order valence-corrected chi connectivity index (χ3v) is 4.11. The Hall–Kier alpha value is -2.93. The van der Waals surface area contributed by atoms with E-state index in [2.05, 4.69) is 22.4 Å².